The van der Waals surface area contributed by atoms with E-state index in [-0.39, 0.29) is 39.2 Å². The van der Waals surface area contributed by atoms with Crippen molar-refractivity contribution in [3.63, 3.8) is 0 Å². The van der Waals surface area contributed by atoms with Gasteiger partial charge in [-0.15, -0.1) is 0 Å². The molecule has 106 heavy (non-hydrogen) atoms. The summed E-state index contributed by atoms with van der Waals surface area (Å²) in [5, 5.41) is 2.42. The molecule has 0 saturated heterocycles. The first kappa shape index (κ1) is 67.2. The molecule has 0 radical (unpaired) electrons. The molecule has 0 N–H and O–H groups in total. The van der Waals surface area contributed by atoms with Crippen LogP contribution in [0.1, 0.15) is 156 Å². The highest BCUT2D eigenvalue weighted by molar-refractivity contribution is 7.00. The molecule has 2 aliphatic heterocycles. The molecule has 522 valence electrons. The lowest BCUT2D eigenvalue weighted by molar-refractivity contribution is 0.332. The molecule has 1 aromatic heterocycles. The van der Waals surface area contributed by atoms with Crippen LogP contribution in [0.3, 0.4) is 0 Å². The number of aromatic nitrogens is 1. The van der Waals surface area contributed by atoms with Gasteiger partial charge < -0.3 is 14.4 Å². The quantitative estimate of drug-likeness (QED) is 0.133. The topological polar surface area (TPSA) is 11.4 Å². The minimum Gasteiger partial charge on any atom is -0.311 e. The van der Waals surface area contributed by atoms with Crippen molar-refractivity contribution in [2.45, 2.75) is 155 Å². The molecular formula is C102H96BN3. The molecule has 2 aliphatic carbocycles. The smallest absolute Gasteiger partial charge is 0.252 e. The normalized spacial score (nSPS) is 15.9. The molecule has 0 saturated carbocycles. The van der Waals surface area contributed by atoms with Gasteiger partial charge in [0.15, 0.2) is 0 Å². The number of fused-ring (bicyclic) bond motifs is 9. The van der Waals surface area contributed by atoms with Gasteiger partial charge in [-0.1, -0.05) is 303 Å². The maximum atomic E-state index is 2.63. The van der Waals surface area contributed by atoms with E-state index in [1.54, 1.807) is 0 Å². The van der Waals surface area contributed by atoms with Gasteiger partial charge in [0.2, 0.25) is 0 Å². The van der Waals surface area contributed by atoms with Gasteiger partial charge in [0.05, 0.1) is 16.7 Å². The Labute approximate surface area is 629 Å². The Morgan fingerprint density at radius 3 is 0.981 bits per heavy atom. The molecule has 3 nitrogen and oxygen atoms in total. The monoisotopic (exact) mass is 1370 g/mol. The molecule has 3 heterocycles. The van der Waals surface area contributed by atoms with E-state index in [2.05, 4.69) is 390 Å². The zero-order valence-corrected chi connectivity index (χ0v) is 64.3. The van der Waals surface area contributed by atoms with Gasteiger partial charge in [-0.05, 0) is 248 Å². The van der Waals surface area contributed by atoms with Crippen molar-refractivity contribution in [2.24, 2.45) is 0 Å². The van der Waals surface area contributed by atoms with Crippen LogP contribution in [0.5, 0.6) is 0 Å². The first-order valence-electron chi connectivity index (χ1n) is 38.7. The fourth-order valence-electron chi connectivity index (χ4n) is 18.4. The summed E-state index contributed by atoms with van der Waals surface area (Å²) in [6.07, 6.45) is 4.71. The standard InChI is InChI=1S/C102H96BN3/c1-97(2,3)77-29-21-27-69(55-77)75-39-49-92-88(61-75)103-89-62-76(70-28-22-30-78(56-70)98(4,5)6)40-50-93(89)105(80-43-33-68(34-44-80)74-36-46-85-87(60-74)102(13,14)54-52-100(85,9)10)95-64-81(63-94(96(95)103)104(92)79-41-31-67(32-42-79)73-35-45-84-86(59-73)101(11,12)53-51-99(84,7)8)106-90-47-37-71(65-23-17-15-18-24-65)57-82(90)83-58-72(38-48-91(83)106)66-25-19-16-20-26-66/h15-50,55-64H,51-54H2,1-14H3. The molecule has 0 fully saturated rings. The van der Waals surface area contributed by atoms with Gasteiger partial charge in [-0.25, -0.2) is 0 Å². The molecule has 4 aliphatic rings. The predicted molar refractivity (Wildman–Crippen MR) is 455 cm³/mol. The van der Waals surface area contributed by atoms with Crippen molar-refractivity contribution >= 4 is 79.0 Å². The van der Waals surface area contributed by atoms with E-state index in [9.17, 15) is 0 Å². The summed E-state index contributed by atoms with van der Waals surface area (Å²) >= 11 is 0. The van der Waals surface area contributed by atoms with Gasteiger partial charge in [0.25, 0.3) is 6.71 Å². The van der Waals surface area contributed by atoms with Crippen molar-refractivity contribution < 1.29 is 0 Å². The summed E-state index contributed by atoms with van der Waals surface area (Å²) in [6.45, 7) is 33.3. The van der Waals surface area contributed by atoms with Crippen molar-refractivity contribution in [3.8, 4) is 72.4 Å². The van der Waals surface area contributed by atoms with Crippen LogP contribution in [-0.2, 0) is 32.5 Å². The van der Waals surface area contributed by atoms with E-state index in [0.29, 0.717) is 0 Å². The Bertz CT molecular complexity index is 5500. The number of benzene rings is 13. The molecular weight excluding hydrogens is 1280 g/mol. The average Bonchev–Trinajstić information content (AvgIpc) is 0.910. The van der Waals surface area contributed by atoms with Crippen molar-refractivity contribution in [1.29, 1.82) is 0 Å². The minimum absolute atomic E-state index is 0.0331. The fourth-order valence-corrected chi connectivity index (χ4v) is 18.4. The Morgan fingerprint density at radius 1 is 0.264 bits per heavy atom. The second-order valence-corrected chi connectivity index (χ2v) is 35.9. The van der Waals surface area contributed by atoms with Crippen molar-refractivity contribution in [3.05, 3.63) is 312 Å². The lowest BCUT2D eigenvalue weighted by atomic mass is 9.33. The molecule has 0 unspecified atom stereocenters. The van der Waals surface area contributed by atoms with Crippen LogP contribution < -0.4 is 26.2 Å². The average molecular weight is 1370 g/mol. The predicted octanol–water partition coefficient (Wildman–Crippen LogP) is 26.2. The molecule has 14 aromatic rings. The molecule has 0 bridgehead atoms. The van der Waals surface area contributed by atoms with Crippen molar-refractivity contribution in [1.82, 2.24) is 4.57 Å². The van der Waals surface area contributed by atoms with Crippen molar-refractivity contribution in [2.75, 3.05) is 9.80 Å². The highest BCUT2D eigenvalue weighted by Crippen LogP contribution is 2.52. The van der Waals surface area contributed by atoms with Crippen LogP contribution in [0.2, 0.25) is 0 Å². The second kappa shape index (κ2) is 24.4. The summed E-state index contributed by atoms with van der Waals surface area (Å²) in [6, 6.07) is 108. The van der Waals surface area contributed by atoms with Gasteiger partial charge in [0.1, 0.15) is 0 Å². The van der Waals surface area contributed by atoms with Gasteiger partial charge in [0, 0.05) is 44.9 Å². The van der Waals surface area contributed by atoms with Crippen LogP contribution in [0, 0.1) is 0 Å². The lowest BCUT2D eigenvalue weighted by Crippen LogP contribution is -2.61. The maximum Gasteiger partial charge on any atom is 0.252 e. The van der Waals surface area contributed by atoms with Crippen LogP contribution in [0.4, 0.5) is 34.1 Å². The van der Waals surface area contributed by atoms with E-state index in [4.69, 9.17) is 0 Å². The Morgan fingerprint density at radius 2 is 0.585 bits per heavy atom. The summed E-state index contributed by atoms with van der Waals surface area (Å²) < 4.78 is 2.57. The van der Waals surface area contributed by atoms with Crippen LogP contribution in [-0.4, -0.2) is 11.3 Å². The molecule has 0 spiro atoms. The van der Waals surface area contributed by atoms with Gasteiger partial charge in [-0.3, -0.25) is 0 Å². The van der Waals surface area contributed by atoms with E-state index in [1.807, 2.05) is 0 Å². The molecule has 4 heteroatoms. The molecule has 0 atom stereocenters. The summed E-state index contributed by atoms with van der Waals surface area (Å²) in [5.74, 6) is 0. The largest absolute Gasteiger partial charge is 0.311 e. The summed E-state index contributed by atoms with van der Waals surface area (Å²) in [5.41, 5.74) is 37.6. The SMILES string of the molecule is CC(C)(C)c1cccc(-c2ccc3c(c2)B2c4cc(-c5cccc(C(C)(C)C)c5)ccc4N(c4ccc(-c5ccc6c(c5)C(C)(C)CCC6(C)C)cc4)c4cc(-n5c6ccc(-c7ccccc7)cc6c6cc(-c7ccccc7)ccc65)cc(c42)N3c2ccc(-c3ccc4c(c3)C(C)(C)CCC4(C)C)cc2)c1. The third kappa shape index (κ3) is 11.3. The Kier molecular flexibility index (Phi) is 15.5. The number of hydrogen-bond donors (Lipinski definition) is 0. The van der Waals surface area contributed by atoms with E-state index >= 15 is 0 Å². The zero-order valence-electron chi connectivity index (χ0n) is 64.3. The number of rotatable bonds is 9. The van der Waals surface area contributed by atoms with E-state index in [0.717, 1.165) is 39.5 Å². The first-order valence-corrected chi connectivity index (χ1v) is 38.7. The fraction of sp³-hybridized carbons (Fsp3) is 0.235. The van der Waals surface area contributed by atoms with Crippen LogP contribution >= 0.6 is 0 Å². The zero-order chi connectivity index (χ0) is 73.1. The van der Waals surface area contributed by atoms with E-state index in [1.165, 1.54) is 164 Å². The first-order chi connectivity index (χ1) is 50.7. The number of nitrogens with zero attached hydrogens (tertiary/aromatic N) is 3. The second-order valence-electron chi connectivity index (χ2n) is 35.9. The highest BCUT2D eigenvalue weighted by Gasteiger charge is 2.45. The molecule has 0 amide bonds. The Balaban J connectivity index is 0.922. The highest BCUT2D eigenvalue weighted by atomic mass is 15.2. The third-order valence-electron chi connectivity index (χ3n) is 25.0. The summed E-state index contributed by atoms with van der Waals surface area (Å²) in [4.78, 5) is 5.25. The molecule has 13 aromatic carbocycles. The number of anilines is 6. The lowest BCUT2D eigenvalue weighted by Gasteiger charge is -2.45. The van der Waals surface area contributed by atoms with E-state index < -0.39 is 0 Å². The van der Waals surface area contributed by atoms with Gasteiger partial charge in [-0.2, -0.15) is 0 Å². The Hall–Kier alpha value is -10.7. The van der Waals surface area contributed by atoms with Gasteiger partial charge >= 0.3 is 0 Å². The maximum absolute atomic E-state index is 2.63. The van der Waals surface area contributed by atoms with Crippen LogP contribution in [0.15, 0.2) is 279 Å². The minimum atomic E-state index is -0.183. The summed E-state index contributed by atoms with van der Waals surface area (Å²) in [7, 11) is 0. The number of hydrogen-bond acceptors (Lipinski definition) is 2. The molecule has 18 rings (SSSR count). The van der Waals surface area contributed by atoms with Crippen LogP contribution in [0.25, 0.3) is 94.3 Å². The third-order valence-corrected chi connectivity index (χ3v) is 25.0.